The van der Waals surface area contributed by atoms with Gasteiger partial charge in [0.15, 0.2) is 11.4 Å². The van der Waals surface area contributed by atoms with Crippen LogP contribution < -0.4 is 16.2 Å². The number of aromatic amines is 1. The number of nitrogens with zero attached hydrogens (tertiary/aromatic N) is 2. The number of hydrogen-bond donors (Lipinski definition) is 3. The van der Waals surface area contributed by atoms with E-state index in [0.29, 0.717) is 21.7 Å². The zero-order valence-electron chi connectivity index (χ0n) is 14.5. The molecule has 2 heterocycles. The van der Waals surface area contributed by atoms with E-state index in [9.17, 15) is 9.59 Å². The van der Waals surface area contributed by atoms with Gasteiger partial charge in [-0.2, -0.15) is 0 Å². The summed E-state index contributed by atoms with van der Waals surface area (Å²) in [6.07, 6.45) is 2.18. The molecule has 3 N–H and O–H groups in total. The number of para-hydroxylation sites is 1. The molecule has 0 unspecified atom stereocenters. The minimum atomic E-state index is -0.234. The van der Waals surface area contributed by atoms with E-state index in [4.69, 9.17) is 11.6 Å². The predicted molar refractivity (Wildman–Crippen MR) is 106 cm³/mol. The molecule has 3 rings (SSSR count). The molecule has 0 bridgehead atoms. The van der Waals surface area contributed by atoms with Crippen molar-refractivity contribution in [3.63, 3.8) is 0 Å². The number of hydrogen-bond acceptors (Lipinski definition) is 7. The molecule has 0 aliphatic carbocycles. The largest absolute Gasteiger partial charge is 0.387 e. The lowest BCUT2D eigenvalue weighted by Crippen LogP contribution is -2.09. The van der Waals surface area contributed by atoms with E-state index < -0.39 is 0 Å². The van der Waals surface area contributed by atoms with Gasteiger partial charge in [0.05, 0.1) is 21.8 Å². The number of aldehydes is 1. The van der Waals surface area contributed by atoms with E-state index in [1.54, 1.807) is 6.92 Å². The Morgan fingerprint density at radius 2 is 2.08 bits per heavy atom. The molecule has 0 saturated heterocycles. The number of carbonyl (C=O) groups is 1. The van der Waals surface area contributed by atoms with Crippen molar-refractivity contribution in [1.29, 1.82) is 0 Å². The van der Waals surface area contributed by atoms with Crippen molar-refractivity contribution in [3.05, 3.63) is 62.1 Å². The molecule has 0 saturated carbocycles. The van der Waals surface area contributed by atoms with Gasteiger partial charge in [-0.05, 0) is 25.5 Å². The van der Waals surface area contributed by atoms with Crippen molar-refractivity contribution in [1.82, 2.24) is 15.0 Å². The summed E-state index contributed by atoms with van der Waals surface area (Å²) in [5.41, 5.74) is 1.96. The average Bonchev–Trinajstić information content (AvgIpc) is 3.02. The van der Waals surface area contributed by atoms with Crippen LogP contribution in [0.5, 0.6) is 0 Å². The maximum atomic E-state index is 11.2. The molecule has 7 nitrogen and oxygen atoms in total. The van der Waals surface area contributed by atoms with Gasteiger partial charge in [-0.25, -0.2) is 9.97 Å². The number of anilines is 3. The van der Waals surface area contributed by atoms with Gasteiger partial charge in [-0.3, -0.25) is 9.59 Å². The molecule has 136 valence electrons. The first-order valence-electron chi connectivity index (χ1n) is 7.61. The summed E-state index contributed by atoms with van der Waals surface area (Å²) in [6, 6.07) is 7.17. The number of aromatic nitrogens is 3. The average molecular weight is 392 g/mol. The van der Waals surface area contributed by atoms with Crippen LogP contribution in [0.3, 0.4) is 0 Å². The van der Waals surface area contributed by atoms with Gasteiger partial charge in [0.25, 0.3) is 5.56 Å². The third-order valence-electron chi connectivity index (χ3n) is 3.21. The van der Waals surface area contributed by atoms with Crippen LogP contribution in [0.4, 0.5) is 16.6 Å². The summed E-state index contributed by atoms with van der Waals surface area (Å²) >= 11 is 7.06. The molecule has 26 heavy (non-hydrogen) atoms. The smallest absolute Gasteiger partial charge is 0.252 e. The van der Waals surface area contributed by atoms with Crippen LogP contribution in [0, 0.1) is 13.8 Å². The molecule has 0 fully saturated rings. The van der Waals surface area contributed by atoms with Gasteiger partial charge in [0, 0.05) is 13.1 Å². The molecule has 2 aromatic heterocycles. The number of carbonyl (C=O) groups excluding carboxylic acids is 1. The zero-order valence-corrected chi connectivity index (χ0v) is 16.0. The van der Waals surface area contributed by atoms with Crippen molar-refractivity contribution in [2.24, 2.45) is 0 Å². The van der Waals surface area contributed by atoms with Crippen molar-refractivity contribution in [2.75, 3.05) is 17.7 Å². The van der Waals surface area contributed by atoms with Crippen molar-refractivity contribution >= 4 is 45.9 Å². The molecular weight excluding hydrogens is 374 g/mol. The number of rotatable bonds is 4. The third kappa shape index (κ3) is 5.40. The van der Waals surface area contributed by atoms with Crippen LogP contribution in [0.2, 0.25) is 5.02 Å². The Bertz CT molecular complexity index is 934. The molecule has 9 heteroatoms. The topological polar surface area (TPSA) is 99.8 Å². The van der Waals surface area contributed by atoms with E-state index in [1.807, 2.05) is 32.2 Å². The Balaban J connectivity index is 0.000000209. The highest BCUT2D eigenvalue weighted by atomic mass is 35.5. The quantitative estimate of drug-likeness (QED) is 0.585. The maximum Gasteiger partial charge on any atom is 0.252 e. The number of benzene rings is 1. The lowest BCUT2D eigenvalue weighted by molar-refractivity contribution is 0.112. The van der Waals surface area contributed by atoms with E-state index in [-0.39, 0.29) is 5.56 Å². The second-order valence-corrected chi connectivity index (χ2v) is 6.68. The van der Waals surface area contributed by atoms with E-state index >= 15 is 0 Å². The molecule has 0 radical (unpaired) electrons. The highest BCUT2D eigenvalue weighted by Gasteiger charge is 2.03. The van der Waals surface area contributed by atoms with Gasteiger partial charge in [-0.1, -0.05) is 35.1 Å². The highest BCUT2D eigenvalue weighted by molar-refractivity contribution is 7.17. The Morgan fingerprint density at radius 1 is 1.31 bits per heavy atom. The Hall–Kier alpha value is -2.71. The Labute approximate surface area is 159 Å². The summed E-state index contributed by atoms with van der Waals surface area (Å²) in [5, 5.41) is 7.20. The first-order valence-corrected chi connectivity index (χ1v) is 8.81. The van der Waals surface area contributed by atoms with Crippen LogP contribution >= 0.6 is 22.9 Å². The Kier molecular flexibility index (Phi) is 6.88. The molecule has 0 amide bonds. The third-order valence-corrected chi connectivity index (χ3v) is 4.36. The maximum absolute atomic E-state index is 11.2. The van der Waals surface area contributed by atoms with E-state index in [2.05, 4.69) is 25.6 Å². The number of H-pyrrole nitrogens is 1. The summed E-state index contributed by atoms with van der Waals surface area (Å²) in [4.78, 5) is 32.7. The van der Waals surface area contributed by atoms with Crippen LogP contribution in [0.25, 0.3) is 0 Å². The first-order chi connectivity index (χ1) is 12.4. The molecule has 1 aromatic carbocycles. The second kappa shape index (κ2) is 9.12. The molecule has 0 atom stereocenters. The van der Waals surface area contributed by atoms with Crippen LogP contribution in [0.15, 0.2) is 35.3 Å². The van der Waals surface area contributed by atoms with E-state index in [0.717, 1.165) is 17.0 Å². The number of nitrogens with one attached hydrogen (secondary N) is 3. The second-order valence-electron chi connectivity index (χ2n) is 5.21. The first kappa shape index (κ1) is 19.6. The monoisotopic (exact) mass is 391 g/mol. The summed E-state index contributed by atoms with van der Waals surface area (Å²) in [5.74, 6) is 0.926. The van der Waals surface area contributed by atoms with Gasteiger partial charge in [-0.15, -0.1) is 0 Å². The van der Waals surface area contributed by atoms with Crippen LogP contribution in [0.1, 0.15) is 21.1 Å². The summed E-state index contributed by atoms with van der Waals surface area (Å²) in [6.45, 7) is 3.71. The van der Waals surface area contributed by atoms with Crippen molar-refractivity contribution in [3.8, 4) is 0 Å². The number of halogens is 1. The molecular formula is C17H18ClN5O2S. The van der Waals surface area contributed by atoms with Gasteiger partial charge in [0.1, 0.15) is 11.6 Å². The zero-order chi connectivity index (χ0) is 19.1. The molecule has 3 aromatic rings. The normalized spacial score (nSPS) is 9.85. The van der Waals surface area contributed by atoms with Crippen LogP contribution in [-0.4, -0.2) is 28.3 Å². The fourth-order valence-corrected chi connectivity index (χ4v) is 3.05. The van der Waals surface area contributed by atoms with Gasteiger partial charge in [0.2, 0.25) is 0 Å². The highest BCUT2D eigenvalue weighted by Crippen LogP contribution is 2.24. The molecule has 0 aliphatic heterocycles. The van der Waals surface area contributed by atoms with Crippen molar-refractivity contribution < 1.29 is 4.79 Å². The molecule has 0 aliphatic rings. The van der Waals surface area contributed by atoms with Gasteiger partial charge >= 0.3 is 0 Å². The lowest BCUT2D eigenvalue weighted by Gasteiger charge is -2.05. The summed E-state index contributed by atoms with van der Waals surface area (Å²) < 4.78 is 0. The van der Waals surface area contributed by atoms with Gasteiger partial charge < -0.3 is 15.6 Å². The Morgan fingerprint density at radius 3 is 2.62 bits per heavy atom. The standard InChI is InChI=1S/C9H8N4O2S.C8H10ClN/c1-5-11-7(2-8(15)12-5)13-9-10-3-6(4-14)16-9;1-6-4-3-5-7(9)8(6)10-2/h2-4H,1H3,(H2,10,11,12,13,15);3-5,10H,1-2H3. The predicted octanol–water partition coefficient (Wildman–Crippen LogP) is 3.78. The fraction of sp³-hybridized carbons (Fsp3) is 0.176. The number of aryl methyl sites for hydroxylation is 2. The number of thiazole rings is 1. The van der Waals surface area contributed by atoms with Crippen molar-refractivity contribution in [2.45, 2.75) is 13.8 Å². The minimum Gasteiger partial charge on any atom is -0.387 e. The fourth-order valence-electron chi connectivity index (χ4n) is 2.10. The lowest BCUT2D eigenvalue weighted by atomic mass is 10.2. The van der Waals surface area contributed by atoms with Crippen LogP contribution in [-0.2, 0) is 0 Å². The summed E-state index contributed by atoms with van der Waals surface area (Å²) in [7, 11) is 1.87. The SMILES string of the molecule is CNc1c(C)cccc1Cl.Cc1nc(Nc2ncc(C=O)s2)cc(=O)[nH]1. The van der Waals surface area contributed by atoms with E-state index in [1.165, 1.54) is 29.2 Å². The minimum absolute atomic E-state index is 0.234. The molecule has 0 spiro atoms.